The molecule has 1 aromatic heterocycles. The molecule has 136 valence electrons. The monoisotopic (exact) mass is 408 g/mol. The van der Waals surface area contributed by atoms with Gasteiger partial charge in [-0.2, -0.15) is 0 Å². The molecule has 0 fully saturated rings. The molecule has 0 unspecified atom stereocenters. The van der Waals surface area contributed by atoms with E-state index in [1.165, 1.54) is 34.9 Å². The first-order chi connectivity index (χ1) is 12.5. The third-order valence-corrected chi connectivity index (χ3v) is 6.82. The van der Waals surface area contributed by atoms with Crippen LogP contribution >= 0.6 is 34.9 Å². The van der Waals surface area contributed by atoms with Gasteiger partial charge in [-0.3, -0.25) is 14.4 Å². The molecule has 1 aliphatic heterocycles. The summed E-state index contributed by atoms with van der Waals surface area (Å²) in [5, 5.41) is 10.8. The molecule has 26 heavy (non-hydrogen) atoms. The number of hydrogen-bond acceptors (Lipinski definition) is 8. The van der Waals surface area contributed by atoms with Gasteiger partial charge in [-0.25, -0.2) is 0 Å². The number of fused-ring (bicyclic) bond motifs is 1. The molecule has 2 amide bonds. The quantitative estimate of drug-likeness (QED) is 0.534. The van der Waals surface area contributed by atoms with Crippen LogP contribution in [0, 0.1) is 0 Å². The van der Waals surface area contributed by atoms with Crippen molar-refractivity contribution in [2.75, 3.05) is 16.8 Å². The summed E-state index contributed by atoms with van der Waals surface area (Å²) >= 11 is 3.89. The lowest BCUT2D eigenvalue weighted by Crippen LogP contribution is -2.12. The van der Waals surface area contributed by atoms with Crippen LogP contribution in [0.1, 0.15) is 28.8 Å². The van der Waals surface area contributed by atoms with Crippen molar-refractivity contribution < 1.29 is 14.4 Å². The fraction of sp³-hybridized carbons (Fsp3) is 0.312. The van der Waals surface area contributed by atoms with E-state index in [0.29, 0.717) is 20.7 Å². The highest BCUT2D eigenvalue weighted by atomic mass is 32.2. The standard InChI is InChI=1S/C16H16N4O3S3/c17-13(22)8-25-16-20-19-15(26-16)24-7-12(21)10-4-5-11-9(6-10)2-1-3-14(23)18-11/h4-6H,1-3,7-8H2,(H2,17,22)(H,18,23). The van der Waals surface area contributed by atoms with Gasteiger partial charge in [0.1, 0.15) is 0 Å². The molecule has 2 aromatic rings. The predicted molar refractivity (Wildman–Crippen MR) is 103 cm³/mol. The lowest BCUT2D eigenvalue weighted by atomic mass is 10.0. The van der Waals surface area contributed by atoms with Crippen LogP contribution in [-0.4, -0.2) is 39.3 Å². The highest BCUT2D eigenvalue weighted by Gasteiger charge is 2.16. The zero-order valence-corrected chi connectivity index (χ0v) is 16.1. The number of aromatic nitrogens is 2. The zero-order valence-electron chi connectivity index (χ0n) is 13.7. The maximum atomic E-state index is 12.5. The molecule has 3 N–H and O–H groups in total. The van der Waals surface area contributed by atoms with Crippen molar-refractivity contribution in [1.29, 1.82) is 0 Å². The van der Waals surface area contributed by atoms with Gasteiger partial charge in [-0.1, -0.05) is 34.9 Å². The van der Waals surface area contributed by atoms with E-state index in [4.69, 9.17) is 5.73 Å². The predicted octanol–water partition coefficient (Wildman–Crippen LogP) is 2.37. The van der Waals surface area contributed by atoms with E-state index in [2.05, 4.69) is 15.5 Å². The molecule has 0 radical (unpaired) electrons. The summed E-state index contributed by atoms with van der Waals surface area (Å²) in [4.78, 5) is 34.8. The Kier molecular flexibility index (Phi) is 6.28. The van der Waals surface area contributed by atoms with Crippen molar-refractivity contribution in [2.45, 2.75) is 27.9 Å². The van der Waals surface area contributed by atoms with Gasteiger partial charge in [-0.05, 0) is 36.6 Å². The summed E-state index contributed by atoms with van der Waals surface area (Å²) in [5.74, 6) is 0.00742. The molecule has 7 nitrogen and oxygen atoms in total. The number of nitrogens with one attached hydrogen (secondary N) is 1. The van der Waals surface area contributed by atoms with Crippen LogP contribution in [0.3, 0.4) is 0 Å². The minimum absolute atomic E-state index is 0.00471. The second kappa shape index (κ2) is 8.65. The highest BCUT2D eigenvalue weighted by Crippen LogP contribution is 2.29. The summed E-state index contributed by atoms with van der Waals surface area (Å²) in [6.45, 7) is 0. The average molecular weight is 409 g/mol. The van der Waals surface area contributed by atoms with Crippen LogP contribution in [0.4, 0.5) is 5.69 Å². The SMILES string of the molecule is NC(=O)CSc1nnc(SCC(=O)c2ccc3c(c2)CCCC(=O)N3)s1. The molecular formula is C16H16N4O3S3. The van der Waals surface area contributed by atoms with E-state index >= 15 is 0 Å². The first-order valence-corrected chi connectivity index (χ1v) is 10.6. The highest BCUT2D eigenvalue weighted by molar-refractivity contribution is 8.03. The summed E-state index contributed by atoms with van der Waals surface area (Å²) in [7, 11) is 0. The molecule has 0 atom stereocenters. The van der Waals surface area contributed by atoms with Crippen LogP contribution in [0.5, 0.6) is 0 Å². The van der Waals surface area contributed by atoms with Gasteiger partial charge in [0.15, 0.2) is 14.5 Å². The molecule has 0 saturated heterocycles. The van der Waals surface area contributed by atoms with Crippen LogP contribution < -0.4 is 11.1 Å². The van der Waals surface area contributed by atoms with Crippen molar-refractivity contribution in [1.82, 2.24) is 10.2 Å². The van der Waals surface area contributed by atoms with E-state index < -0.39 is 5.91 Å². The van der Waals surface area contributed by atoms with Crippen molar-refractivity contribution in [2.24, 2.45) is 5.73 Å². The lowest BCUT2D eigenvalue weighted by molar-refractivity contribution is -0.116. The molecule has 0 spiro atoms. The van der Waals surface area contributed by atoms with Gasteiger partial charge >= 0.3 is 0 Å². The number of primary amides is 1. The molecule has 0 saturated carbocycles. The maximum absolute atomic E-state index is 12.5. The second-order valence-corrected chi connectivity index (χ2v) is 9.00. The van der Waals surface area contributed by atoms with Gasteiger partial charge in [0.25, 0.3) is 0 Å². The number of carbonyl (C=O) groups excluding carboxylic acids is 3. The van der Waals surface area contributed by atoms with Gasteiger partial charge in [0, 0.05) is 17.7 Å². The Morgan fingerprint density at radius 2 is 1.88 bits per heavy atom. The largest absolute Gasteiger partial charge is 0.369 e. The van der Waals surface area contributed by atoms with Crippen molar-refractivity contribution >= 4 is 58.1 Å². The van der Waals surface area contributed by atoms with E-state index in [9.17, 15) is 14.4 Å². The Hall–Kier alpha value is -1.91. The minimum Gasteiger partial charge on any atom is -0.369 e. The third-order valence-electron chi connectivity index (χ3n) is 3.60. The van der Waals surface area contributed by atoms with Crippen molar-refractivity contribution in [3.8, 4) is 0 Å². The first kappa shape index (κ1) is 18.9. The number of hydrogen-bond donors (Lipinski definition) is 2. The van der Waals surface area contributed by atoms with Crippen LogP contribution in [0.15, 0.2) is 26.9 Å². The van der Waals surface area contributed by atoms with Crippen LogP contribution in [0.2, 0.25) is 0 Å². The number of benzene rings is 1. The summed E-state index contributed by atoms with van der Waals surface area (Å²) in [6, 6.07) is 5.39. The number of nitrogens with zero attached hydrogens (tertiary/aromatic N) is 2. The van der Waals surface area contributed by atoms with Gasteiger partial charge in [-0.15, -0.1) is 10.2 Å². The number of aryl methyl sites for hydroxylation is 1. The van der Waals surface area contributed by atoms with Gasteiger partial charge < -0.3 is 11.1 Å². The van der Waals surface area contributed by atoms with E-state index in [-0.39, 0.29) is 23.2 Å². The zero-order chi connectivity index (χ0) is 18.5. The number of ketones is 1. The third kappa shape index (κ3) is 5.05. The fourth-order valence-corrected chi connectivity index (χ4v) is 5.06. The van der Waals surface area contributed by atoms with E-state index in [1.54, 1.807) is 12.1 Å². The lowest BCUT2D eigenvalue weighted by Gasteiger charge is -2.08. The maximum Gasteiger partial charge on any atom is 0.227 e. The average Bonchev–Trinajstić information content (AvgIpc) is 2.98. The molecule has 1 aromatic carbocycles. The van der Waals surface area contributed by atoms with Gasteiger partial charge in [0.2, 0.25) is 11.8 Å². The second-order valence-electron chi connectivity index (χ2n) is 5.57. The summed E-state index contributed by atoms with van der Waals surface area (Å²) < 4.78 is 1.33. The molecule has 10 heteroatoms. The van der Waals surface area contributed by atoms with Crippen molar-refractivity contribution in [3.05, 3.63) is 29.3 Å². The smallest absolute Gasteiger partial charge is 0.227 e. The Morgan fingerprint density at radius 3 is 2.62 bits per heavy atom. The number of anilines is 1. The number of amides is 2. The fourth-order valence-electron chi connectivity index (χ4n) is 2.41. The topological polar surface area (TPSA) is 115 Å². The number of carbonyl (C=O) groups is 3. The Balaban J connectivity index is 1.59. The first-order valence-electron chi connectivity index (χ1n) is 7.84. The number of thioether (sulfide) groups is 2. The summed E-state index contributed by atoms with van der Waals surface area (Å²) in [5.41, 5.74) is 7.51. The molecule has 3 rings (SSSR count). The van der Waals surface area contributed by atoms with E-state index in [1.807, 2.05) is 6.07 Å². The Morgan fingerprint density at radius 1 is 1.15 bits per heavy atom. The Bertz CT molecular complexity index is 853. The number of Topliss-reactive ketones (excluding diaryl/α,β-unsaturated/α-hetero) is 1. The molecule has 0 bridgehead atoms. The molecular weight excluding hydrogens is 392 g/mol. The normalized spacial score (nSPS) is 13.6. The molecule has 1 aliphatic rings. The minimum atomic E-state index is -0.408. The van der Waals surface area contributed by atoms with Crippen LogP contribution in [0.25, 0.3) is 0 Å². The van der Waals surface area contributed by atoms with E-state index in [0.717, 1.165) is 24.1 Å². The molecule has 0 aliphatic carbocycles. The summed E-state index contributed by atoms with van der Waals surface area (Å²) in [6.07, 6.45) is 2.06. The van der Waals surface area contributed by atoms with Crippen LogP contribution in [-0.2, 0) is 16.0 Å². The number of nitrogens with two attached hydrogens (primary N) is 1. The van der Waals surface area contributed by atoms with Gasteiger partial charge in [0.05, 0.1) is 11.5 Å². The Labute approximate surface area is 162 Å². The molecule has 2 heterocycles. The number of rotatable bonds is 7. The van der Waals surface area contributed by atoms with Crippen molar-refractivity contribution in [3.63, 3.8) is 0 Å².